The van der Waals surface area contributed by atoms with Crippen LogP contribution in [-0.2, 0) is 10.0 Å². The van der Waals surface area contributed by atoms with Gasteiger partial charge in [-0.2, -0.15) is 0 Å². The lowest BCUT2D eigenvalue weighted by molar-refractivity contribution is 0.591. The van der Waals surface area contributed by atoms with Crippen molar-refractivity contribution in [1.82, 2.24) is 0 Å². The Morgan fingerprint density at radius 1 is 1.19 bits per heavy atom. The first-order valence-electron chi connectivity index (χ1n) is 5.74. The van der Waals surface area contributed by atoms with Gasteiger partial charge in [-0.15, -0.1) is 0 Å². The van der Waals surface area contributed by atoms with Crippen LogP contribution in [0.3, 0.4) is 0 Å². The van der Waals surface area contributed by atoms with Gasteiger partial charge in [0, 0.05) is 20.2 Å². The lowest BCUT2D eigenvalue weighted by Gasteiger charge is -2.13. The van der Waals surface area contributed by atoms with Crippen LogP contribution in [0.4, 0.5) is 15.8 Å². The number of nitrogens with two attached hydrogens (primary N) is 1. The van der Waals surface area contributed by atoms with Crippen LogP contribution in [0.5, 0.6) is 0 Å². The molecule has 0 aliphatic heterocycles. The van der Waals surface area contributed by atoms with Crippen molar-refractivity contribution in [2.24, 2.45) is 0 Å². The predicted octanol–water partition coefficient (Wildman–Crippen LogP) is 4.04. The minimum atomic E-state index is -3.94. The number of nitrogen functional groups attached to an aromatic ring is 1. The Bertz CT molecular complexity index is 810. The molecule has 0 aromatic heterocycles. The molecule has 0 amide bonds. The van der Waals surface area contributed by atoms with Gasteiger partial charge in [-0.05, 0) is 53.2 Å². The van der Waals surface area contributed by atoms with Gasteiger partial charge in [-0.25, -0.2) is 12.8 Å². The van der Waals surface area contributed by atoms with Crippen LogP contribution in [0, 0.1) is 12.7 Å². The van der Waals surface area contributed by atoms with E-state index >= 15 is 0 Å². The average Bonchev–Trinajstić information content (AvgIpc) is 2.37. The number of anilines is 2. The number of nitrogens with one attached hydrogen (secondary N) is 1. The minimum absolute atomic E-state index is 0.0185. The van der Waals surface area contributed by atoms with Gasteiger partial charge in [0.1, 0.15) is 5.82 Å². The molecule has 0 radical (unpaired) electrons. The van der Waals surface area contributed by atoms with Crippen LogP contribution < -0.4 is 10.5 Å². The summed E-state index contributed by atoms with van der Waals surface area (Å²) in [7, 11) is -3.94. The van der Waals surface area contributed by atoms with E-state index in [0.29, 0.717) is 10.2 Å². The van der Waals surface area contributed by atoms with Crippen molar-refractivity contribution in [2.45, 2.75) is 11.8 Å². The van der Waals surface area contributed by atoms with E-state index in [1.165, 1.54) is 13.0 Å². The molecule has 0 bridgehead atoms. The summed E-state index contributed by atoms with van der Waals surface area (Å²) < 4.78 is 42.2. The Morgan fingerprint density at radius 2 is 1.86 bits per heavy atom. The van der Waals surface area contributed by atoms with Crippen molar-refractivity contribution < 1.29 is 12.8 Å². The molecule has 2 rings (SSSR count). The number of benzene rings is 2. The first-order valence-corrected chi connectivity index (χ1v) is 8.81. The molecular formula is C13H11Br2FN2O2S. The van der Waals surface area contributed by atoms with Gasteiger partial charge in [0.05, 0.1) is 10.6 Å². The molecule has 0 unspecified atom stereocenters. The smallest absolute Gasteiger partial charge is 0.262 e. The lowest BCUT2D eigenvalue weighted by atomic mass is 10.2. The summed E-state index contributed by atoms with van der Waals surface area (Å²) in [5.74, 6) is -0.662. The highest BCUT2D eigenvalue weighted by molar-refractivity contribution is 9.11. The van der Waals surface area contributed by atoms with Crippen molar-refractivity contribution in [1.29, 1.82) is 0 Å². The van der Waals surface area contributed by atoms with Gasteiger partial charge in [-0.3, -0.25) is 4.72 Å². The van der Waals surface area contributed by atoms with Crippen molar-refractivity contribution >= 4 is 53.3 Å². The molecule has 2 aromatic rings. The number of hydrogen-bond acceptors (Lipinski definition) is 3. The fraction of sp³-hybridized carbons (Fsp3) is 0.0769. The zero-order valence-electron chi connectivity index (χ0n) is 10.8. The summed E-state index contributed by atoms with van der Waals surface area (Å²) >= 11 is 6.54. The van der Waals surface area contributed by atoms with Crippen LogP contribution in [0.1, 0.15) is 5.56 Å². The molecule has 2 aromatic carbocycles. The van der Waals surface area contributed by atoms with Gasteiger partial charge >= 0.3 is 0 Å². The fourth-order valence-corrected chi connectivity index (χ4v) is 4.37. The summed E-state index contributed by atoms with van der Waals surface area (Å²) in [6.45, 7) is 1.39. The summed E-state index contributed by atoms with van der Waals surface area (Å²) in [6, 6.07) is 7.29. The zero-order valence-corrected chi connectivity index (χ0v) is 14.8. The molecule has 8 heteroatoms. The van der Waals surface area contributed by atoms with Crippen molar-refractivity contribution in [3.05, 3.63) is 50.7 Å². The highest BCUT2D eigenvalue weighted by Gasteiger charge is 2.21. The number of rotatable bonds is 3. The number of halogens is 3. The number of hydrogen-bond donors (Lipinski definition) is 2. The van der Waals surface area contributed by atoms with Crippen molar-refractivity contribution in [2.75, 3.05) is 10.5 Å². The van der Waals surface area contributed by atoms with Crippen molar-refractivity contribution in [3.63, 3.8) is 0 Å². The normalized spacial score (nSPS) is 11.4. The van der Waals surface area contributed by atoms with Crippen LogP contribution in [0.2, 0.25) is 0 Å². The Balaban J connectivity index is 2.48. The summed E-state index contributed by atoms with van der Waals surface area (Å²) in [6.07, 6.45) is 0. The van der Waals surface area contributed by atoms with Crippen LogP contribution in [0.15, 0.2) is 44.2 Å². The Kier molecular flexibility index (Phi) is 4.60. The topological polar surface area (TPSA) is 72.2 Å². The second kappa shape index (κ2) is 5.94. The molecule has 0 aliphatic rings. The maximum Gasteiger partial charge on any atom is 0.262 e. The molecule has 112 valence electrons. The molecule has 0 saturated heterocycles. The summed E-state index contributed by atoms with van der Waals surface area (Å²) in [4.78, 5) is -0.185. The average molecular weight is 438 g/mol. The van der Waals surface area contributed by atoms with Gasteiger partial charge < -0.3 is 5.73 Å². The van der Waals surface area contributed by atoms with E-state index < -0.39 is 15.8 Å². The molecule has 0 heterocycles. The van der Waals surface area contributed by atoms with E-state index in [4.69, 9.17) is 5.73 Å². The van der Waals surface area contributed by atoms with E-state index in [9.17, 15) is 12.8 Å². The van der Waals surface area contributed by atoms with Crippen molar-refractivity contribution in [3.8, 4) is 0 Å². The SMILES string of the molecule is Cc1c(F)cc(N)cc1S(=O)(=O)Nc1ccc(Br)cc1Br. The van der Waals surface area contributed by atoms with Crippen LogP contribution >= 0.6 is 31.9 Å². The van der Waals surface area contributed by atoms with Gasteiger partial charge in [0.15, 0.2) is 0 Å². The number of sulfonamides is 1. The van der Waals surface area contributed by atoms with E-state index in [-0.39, 0.29) is 16.1 Å². The van der Waals surface area contributed by atoms with Gasteiger partial charge in [0.25, 0.3) is 10.0 Å². The van der Waals surface area contributed by atoms with E-state index in [2.05, 4.69) is 36.6 Å². The van der Waals surface area contributed by atoms with Gasteiger partial charge in [-0.1, -0.05) is 15.9 Å². The maximum absolute atomic E-state index is 13.7. The Labute approximate surface area is 138 Å². The minimum Gasteiger partial charge on any atom is -0.399 e. The van der Waals surface area contributed by atoms with E-state index in [1.807, 2.05) is 0 Å². The third-order valence-corrected chi connectivity index (χ3v) is 5.43. The first-order chi connectivity index (χ1) is 9.70. The Morgan fingerprint density at radius 3 is 2.48 bits per heavy atom. The lowest BCUT2D eigenvalue weighted by Crippen LogP contribution is -2.15. The molecular weight excluding hydrogens is 427 g/mol. The monoisotopic (exact) mass is 436 g/mol. The molecule has 0 fully saturated rings. The fourth-order valence-electron chi connectivity index (χ4n) is 1.72. The Hall–Kier alpha value is -1.12. The molecule has 3 N–H and O–H groups in total. The van der Waals surface area contributed by atoms with Crippen LogP contribution in [0.25, 0.3) is 0 Å². The van der Waals surface area contributed by atoms with E-state index in [1.54, 1.807) is 18.2 Å². The molecule has 0 saturated carbocycles. The molecule has 21 heavy (non-hydrogen) atoms. The summed E-state index contributed by atoms with van der Waals surface area (Å²) in [5, 5.41) is 0. The summed E-state index contributed by atoms with van der Waals surface area (Å²) in [5.41, 5.74) is 5.94. The second-order valence-electron chi connectivity index (χ2n) is 4.36. The predicted molar refractivity (Wildman–Crippen MR) is 88.2 cm³/mol. The van der Waals surface area contributed by atoms with E-state index in [0.717, 1.165) is 10.5 Å². The maximum atomic E-state index is 13.7. The molecule has 0 aliphatic carbocycles. The van der Waals surface area contributed by atoms with Crippen LogP contribution in [-0.4, -0.2) is 8.42 Å². The highest BCUT2D eigenvalue weighted by Crippen LogP contribution is 2.29. The zero-order chi connectivity index (χ0) is 15.8. The second-order valence-corrected chi connectivity index (χ2v) is 7.78. The third kappa shape index (κ3) is 3.56. The van der Waals surface area contributed by atoms with Gasteiger partial charge in [0.2, 0.25) is 0 Å². The quantitative estimate of drug-likeness (QED) is 0.711. The molecule has 4 nitrogen and oxygen atoms in total. The third-order valence-electron chi connectivity index (χ3n) is 2.78. The molecule has 0 atom stereocenters. The highest BCUT2D eigenvalue weighted by atomic mass is 79.9. The first kappa shape index (κ1) is 16.3. The largest absolute Gasteiger partial charge is 0.399 e. The standard InChI is InChI=1S/C13H11Br2FN2O2S/c1-7-11(16)5-9(17)6-13(7)21(19,20)18-12-3-2-8(14)4-10(12)15/h2-6,18H,17H2,1H3. The molecule has 0 spiro atoms.